The average Bonchev–Trinajstić information content (AvgIpc) is 2.76. The van der Waals surface area contributed by atoms with E-state index in [2.05, 4.69) is 9.44 Å². The summed E-state index contributed by atoms with van der Waals surface area (Å²) in [5.74, 6) is -0.140. The first-order valence-electron chi connectivity index (χ1n) is 6.45. The average molecular weight is 347 g/mol. The second-order valence-electron chi connectivity index (χ2n) is 4.98. The summed E-state index contributed by atoms with van der Waals surface area (Å²) in [4.78, 5) is 12.6. The van der Waals surface area contributed by atoms with E-state index in [4.69, 9.17) is 0 Å². The quantitative estimate of drug-likeness (QED) is 0.717. The van der Waals surface area contributed by atoms with Gasteiger partial charge in [0.25, 0.3) is 0 Å². The molecule has 0 unspecified atom stereocenters. The molecule has 0 spiro atoms. The number of carbonyl (C=O) groups is 1. The van der Waals surface area contributed by atoms with E-state index in [0.29, 0.717) is 0 Å². The zero-order valence-electron chi connectivity index (χ0n) is 12.1. The Morgan fingerprint density at radius 2 is 1.73 bits per heavy atom. The molecule has 0 aliphatic carbocycles. The third kappa shape index (κ3) is 3.46. The second-order valence-corrected chi connectivity index (χ2v) is 8.58. The molecule has 8 nitrogen and oxygen atoms in total. The van der Waals surface area contributed by atoms with Crippen LogP contribution in [0.2, 0.25) is 0 Å². The van der Waals surface area contributed by atoms with Gasteiger partial charge in [0.15, 0.2) is 0 Å². The van der Waals surface area contributed by atoms with Crippen LogP contribution in [-0.2, 0) is 24.8 Å². The molecule has 1 aromatic rings. The SMILES string of the molecule is CNS(=O)(=O)c1cccc(S(=O)(=O)N[C@@H]2CC(=O)N(C)C2)c1. The van der Waals surface area contributed by atoms with Crippen LogP contribution in [0, 0.1) is 0 Å². The number of likely N-dealkylation sites (tertiary alicyclic amines) is 1. The Morgan fingerprint density at radius 1 is 1.14 bits per heavy atom. The summed E-state index contributed by atoms with van der Waals surface area (Å²) in [5.41, 5.74) is 0. The van der Waals surface area contributed by atoms with E-state index in [-0.39, 0.29) is 28.7 Å². The van der Waals surface area contributed by atoms with Crippen molar-refractivity contribution in [1.82, 2.24) is 14.3 Å². The van der Waals surface area contributed by atoms with Crippen molar-refractivity contribution in [1.29, 1.82) is 0 Å². The minimum absolute atomic E-state index is 0.0875. The van der Waals surface area contributed by atoms with Gasteiger partial charge in [-0.2, -0.15) is 0 Å². The van der Waals surface area contributed by atoms with Crippen LogP contribution < -0.4 is 9.44 Å². The molecular formula is C12H17N3O5S2. The lowest BCUT2D eigenvalue weighted by atomic mass is 10.3. The smallest absolute Gasteiger partial charge is 0.240 e. The van der Waals surface area contributed by atoms with Gasteiger partial charge in [-0.25, -0.2) is 26.3 Å². The zero-order chi connectivity index (χ0) is 16.5. The van der Waals surface area contributed by atoms with Gasteiger partial charge < -0.3 is 4.90 Å². The molecule has 1 amide bonds. The maximum absolute atomic E-state index is 12.3. The van der Waals surface area contributed by atoms with E-state index >= 15 is 0 Å². The standard InChI is InChI=1S/C12H17N3O5S2/c1-13-21(17,18)10-4-3-5-11(7-10)22(19,20)14-9-6-12(16)15(2)8-9/h3-5,7,9,13-14H,6,8H2,1-2H3/t9-/m1/s1. The van der Waals surface area contributed by atoms with Crippen molar-refractivity contribution in [2.24, 2.45) is 0 Å². The highest BCUT2D eigenvalue weighted by Crippen LogP contribution is 2.17. The summed E-state index contributed by atoms with van der Waals surface area (Å²) in [6.45, 7) is 0.284. The molecule has 10 heteroatoms. The molecule has 0 aromatic heterocycles. The van der Waals surface area contributed by atoms with Crippen LogP contribution in [0.3, 0.4) is 0 Å². The predicted octanol–water partition coefficient (Wildman–Crippen LogP) is -0.896. The van der Waals surface area contributed by atoms with Gasteiger partial charge in [-0.05, 0) is 25.2 Å². The van der Waals surface area contributed by atoms with Crippen molar-refractivity contribution >= 4 is 26.0 Å². The highest BCUT2D eigenvalue weighted by molar-refractivity contribution is 7.90. The topological polar surface area (TPSA) is 113 Å². The molecule has 22 heavy (non-hydrogen) atoms. The molecule has 122 valence electrons. The van der Waals surface area contributed by atoms with Crippen molar-refractivity contribution in [3.63, 3.8) is 0 Å². The number of amides is 1. The summed E-state index contributed by atoms with van der Waals surface area (Å²) in [6, 6.07) is 4.52. The van der Waals surface area contributed by atoms with Crippen molar-refractivity contribution in [3.8, 4) is 0 Å². The van der Waals surface area contributed by atoms with Crippen LogP contribution in [-0.4, -0.2) is 54.3 Å². The molecule has 2 rings (SSSR count). The Kier molecular flexibility index (Phi) is 4.57. The van der Waals surface area contributed by atoms with E-state index in [1.807, 2.05) is 0 Å². The molecule has 1 aromatic carbocycles. The summed E-state index contributed by atoms with van der Waals surface area (Å²) in [6.07, 6.45) is 0.0875. The van der Waals surface area contributed by atoms with Crippen LogP contribution in [0.25, 0.3) is 0 Å². The second kappa shape index (κ2) is 5.95. The molecule has 0 saturated carbocycles. The minimum atomic E-state index is -3.90. The molecule has 1 fully saturated rings. The lowest BCUT2D eigenvalue weighted by Crippen LogP contribution is -2.36. The van der Waals surface area contributed by atoms with Crippen molar-refractivity contribution in [3.05, 3.63) is 24.3 Å². The van der Waals surface area contributed by atoms with Crippen molar-refractivity contribution in [2.75, 3.05) is 20.6 Å². The highest BCUT2D eigenvalue weighted by atomic mass is 32.2. The minimum Gasteiger partial charge on any atom is -0.344 e. The van der Waals surface area contributed by atoms with E-state index in [9.17, 15) is 21.6 Å². The predicted molar refractivity (Wildman–Crippen MR) is 79.1 cm³/mol. The Morgan fingerprint density at radius 3 is 2.23 bits per heavy atom. The van der Waals surface area contributed by atoms with E-state index in [1.54, 1.807) is 7.05 Å². The monoisotopic (exact) mass is 347 g/mol. The first kappa shape index (κ1) is 16.9. The Labute approximate surface area is 129 Å². The van der Waals surface area contributed by atoms with E-state index < -0.39 is 26.1 Å². The molecule has 0 bridgehead atoms. The Balaban J connectivity index is 2.27. The van der Waals surface area contributed by atoms with Gasteiger partial charge in [-0.3, -0.25) is 4.79 Å². The van der Waals surface area contributed by atoms with Gasteiger partial charge in [-0.1, -0.05) is 6.07 Å². The van der Waals surface area contributed by atoms with Crippen LogP contribution in [0.1, 0.15) is 6.42 Å². The normalized spacial score (nSPS) is 19.6. The van der Waals surface area contributed by atoms with Crippen LogP contribution in [0.15, 0.2) is 34.1 Å². The Hall–Kier alpha value is -1.49. The molecule has 0 radical (unpaired) electrons. The van der Waals surface area contributed by atoms with Crippen molar-refractivity contribution in [2.45, 2.75) is 22.3 Å². The molecule has 2 N–H and O–H groups in total. The van der Waals surface area contributed by atoms with Gasteiger partial charge in [0, 0.05) is 26.1 Å². The maximum Gasteiger partial charge on any atom is 0.240 e. The summed E-state index contributed by atoms with van der Waals surface area (Å²) < 4.78 is 52.6. The van der Waals surface area contributed by atoms with Gasteiger partial charge >= 0.3 is 0 Å². The van der Waals surface area contributed by atoms with Gasteiger partial charge in [0.05, 0.1) is 9.79 Å². The summed E-state index contributed by atoms with van der Waals surface area (Å²) >= 11 is 0. The number of nitrogens with one attached hydrogen (secondary N) is 2. The zero-order valence-corrected chi connectivity index (χ0v) is 13.7. The lowest BCUT2D eigenvalue weighted by molar-refractivity contribution is -0.126. The molecule has 1 saturated heterocycles. The third-order valence-electron chi connectivity index (χ3n) is 3.36. The largest absolute Gasteiger partial charge is 0.344 e. The number of rotatable bonds is 5. The van der Waals surface area contributed by atoms with Crippen molar-refractivity contribution < 1.29 is 21.6 Å². The van der Waals surface area contributed by atoms with E-state index in [1.165, 1.54) is 30.1 Å². The third-order valence-corrected chi connectivity index (χ3v) is 6.29. The molecule has 1 atom stereocenters. The first-order valence-corrected chi connectivity index (χ1v) is 9.42. The fourth-order valence-corrected chi connectivity index (χ4v) is 4.28. The fourth-order valence-electron chi connectivity index (χ4n) is 2.16. The molecule has 1 heterocycles. The molecular weight excluding hydrogens is 330 g/mol. The number of likely N-dealkylation sites (N-methyl/N-ethyl adjacent to an activating group) is 1. The number of benzene rings is 1. The Bertz CT molecular complexity index is 789. The lowest BCUT2D eigenvalue weighted by Gasteiger charge is -2.13. The molecule has 1 aliphatic heterocycles. The maximum atomic E-state index is 12.3. The van der Waals surface area contributed by atoms with Crippen LogP contribution in [0.5, 0.6) is 0 Å². The van der Waals surface area contributed by atoms with E-state index in [0.717, 1.165) is 6.07 Å². The van der Waals surface area contributed by atoms with Gasteiger partial charge in [0.1, 0.15) is 0 Å². The number of hydrogen-bond acceptors (Lipinski definition) is 5. The van der Waals surface area contributed by atoms with Crippen LogP contribution >= 0.6 is 0 Å². The number of sulfonamides is 2. The summed E-state index contributed by atoms with van der Waals surface area (Å²) in [7, 11) is -4.79. The fraction of sp³-hybridized carbons (Fsp3) is 0.417. The molecule has 1 aliphatic rings. The number of carbonyl (C=O) groups excluding carboxylic acids is 1. The summed E-state index contributed by atoms with van der Waals surface area (Å²) in [5, 5.41) is 0. The number of hydrogen-bond donors (Lipinski definition) is 2. The van der Waals surface area contributed by atoms with Gasteiger partial charge in [-0.15, -0.1) is 0 Å². The highest BCUT2D eigenvalue weighted by Gasteiger charge is 2.30. The van der Waals surface area contributed by atoms with Crippen LogP contribution in [0.4, 0.5) is 0 Å². The first-order chi connectivity index (χ1) is 10.2. The van der Waals surface area contributed by atoms with Gasteiger partial charge in [0.2, 0.25) is 26.0 Å². The number of nitrogens with zero attached hydrogens (tertiary/aromatic N) is 1.